The van der Waals surface area contributed by atoms with Crippen LogP contribution in [0.5, 0.6) is 0 Å². The molecule has 0 radical (unpaired) electrons. The maximum absolute atomic E-state index is 4.78. The van der Waals surface area contributed by atoms with Gasteiger partial charge < -0.3 is 4.57 Å². The molecule has 4 heteroatoms. The van der Waals surface area contributed by atoms with Crippen LogP contribution in [0.2, 0.25) is 0 Å². The Morgan fingerprint density at radius 3 is 1.64 bits per heavy atom. The van der Waals surface area contributed by atoms with Gasteiger partial charge >= 0.3 is 0 Å². The summed E-state index contributed by atoms with van der Waals surface area (Å²) >= 11 is 0. The predicted octanol–water partition coefficient (Wildman–Crippen LogP) is 10.0. The minimum atomic E-state index is -0.199. The zero-order valence-electron chi connectivity index (χ0n) is 25.1. The zero-order chi connectivity index (χ0) is 30.1. The maximum Gasteiger partial charge on any atom is 0.168 e. The molecular formula is C41H30N4. The lowest BCUT2D eigenvalue weighted by Gasteiger charge is -2.23. The number of aromatic nitrogens is 4. The van der Waals surface area contributed by atoms with Crippen molar-refractivity contribution in [2.45, 2.75) is 19.3 Å². The first-order valence-electron chi connectivity index (χ1n) is 15.4. The second-order valence-corrected chi connectivity index (χ2v) is 12.4. The Labute approximate surface area is 261 Å². The second kappa shape index (κ2) is 9.63. The van der Waals surface area contributed by atoms with Gasteiger partial charge in [0, 0.05) is 38.7 Å². The van der Waals surface area contributed by atoms with Crippen LogP contribution in [0, 0.1) is 0 Å². The number of para-hydroxylation sites is 3. The lowest BCUT2D eigenvalue weighted by molar-refractivity contribution is 0.660. The molecule has 0 atom stereocenters. The molecule has 0 saturated carbocycles. The van der Waals surface area contributed by atoms with Gasteiger partial charge in [-0.3, -0.25) is 4.57 Å². The molecule has 0 spiro atoms. The van der Waals surface area contributed by atoms with Crippen LogP contribution in [0.1, 0.15) is 25.0 Å². The Balaban J connectivity index is 1.19. The van der Waals surface area contributed by atoms with E-state index in [9.17, 15) is 0 Å². The number of hydrogen-bond acceptors (Lipinski definition) is 2. The molecule has 0 saturated heterocycles. The van der Waals surface area contributed by atoms with Gasteiger partial charge in [0.2, 0.25) is 0 Å². The molecule has 214 valence electrons. The first kappa shape index (κ1) is 25.7. The van der Waals surface area contributed by atoms with E-state index in [1.165, 1.54) is 49.7 Å². The van der Waals surface area contributed by atoms with Crippen LogP contribution in [0.15, 0.2) is 146 Å². The molecule has 0 N–H and O–H groups in total. The second-order valence-electron chi connectivity index (χ2n) is 12.4. The van der Waals surface area contributed by atoms with Gasteiger partial charge in [0.1, 0.15) is 0 Å². The van der Waals surface area contributed by atoms with Crippen LogP contribution >= 0.6 is 0 Å². The lowest BCUT2D eigenvalue weighted by atomic mass is 9.81. The lowest BCUT2D eigenvalue weighted by Crippen LogP contribution is -2.15. The van der Waals surface area contributed by atoms with Gasteiger partial charge in [0.25, 0.3) is 0 Å². The van der Waals surface area contributed by atoms with Crippen LogP contribution in [0.4, 0.5) is 0 Å². The molecule has 9 rings (SSSR count). The molecule has 1 aliphatic rings. The van der Waals surface area contributed by atoms with Crippen molar-refractivity contribution < 1.29 is 0 Å². The quantitative estimate of drug-likeness (QED) is 0.208. The molecule has 0 unspecified atom stereocenters. The van der Waals surface area contributed by atoms with Gasteiger partial charge in [-0.25, -0.2) is 0 Å². The van der Waals surface area contributed by atoms with E-state index in [1.807, 2.05) is 24.3 Å². The van der Waals surface area contributed by atoms with Crippen molar-refractivity contribution in [1.29, 1.82) is 0 Å². The van der Waals surface area contributed by atoms with Crippen molar-refractivity contribution in [3.05, 3.63) is 157 Å². The summed E-state index contributed by atoms with van der Waals surface area (Å²) in [4.78, 5) is 0. The van der Waals surface area contributed by atoms with E-state index < -0.39 is 0 Å². The molecule has 4 nitrogen and oxygen atoms in total. The number of hydrogen-bond donors (Lipinski definition) is 0. The summed E-state index contributed by atoms with van der Waals surface area (Å²) in [6.45, 7) is 4.68. The summed E-state index contributed by atoms with van der Waals surface area (Å²) in [7, 11) is 0. The molecule has 0 amide bonds. The molecule has 6 aromatic carbocycles. The summed E-state index contributed by atoms with van der Waals surface area (Å²) in [6, 6.07) is 51.8. The highest BCUT2D eigenvalue weighted by atomic mass is 15.3. The van der Waals surface area contributed by atoms with Crippen molar-refractivity contribution in [2.75, 3.05) is 0 Å². The SMILES string of the molecule is CC1(C)c2cc(-c3nnc(-c4ccccc4)n3-c3ccccc3)ccc2-c2ccc(-n3c4ccccc4c4ccccc43)cc21. The number of fused-ring (bicyclic) bond motifs is 6. The van der Waals surface area contributed by atoms with E-state index in [0.717, 1.165) is 28.5 Å². The third-order valence-electron chi connectivity index (χ3n) is 9.47. The van der Waals surface area contributed by atoms with E-state index in [2.05, 4.69) is 144 Å². The molecule has 8 aromatic rings. The molecular weight excluding hydrogens is 548 g/mol. The highest BCUT2D eigenvalue weighted by molar-refractivity contribution is 6.09. The maximum atomic E-state index is 4.78. The van der Waals surface area contributed by atoms with E-state index >= 15 is 0 Å². The monoisotopic (exact) mass is 578 g/mol. The zero-order valence-corrected chi connectivity index (χ0v) is 25.1. The van der Waals surface area contributed by atoms with Gasteiger partial charge in [-0.1, -0.05) is 117 Å². The van der Waals surface area contributed by atoms with Crippen molar-refractivity contribution in [3.8, 4) is 45.3 Å². The van der Waals surface area contributed by atoms with Crippen molar-refractivity contribution in [1.82, 2.24) is 19.3 Å². The molecule has 2 heterocycles. The fourth-order valence-corrected chi connectivity index (χ4v) is 7.27. The van der Waals surface area contributed by atoms with Gasteiger partial charge in [-0.15, -0.1) is 10.2 Å². The Kier molecular flexibility index (Phi) is 5.51. The Bertz CT molecular complexity index is 2340. The van der Waals surface area contributed by atoms with Crippen molar-refractivity contribution >= 4 is 21.8 Å². The fraction of sp³-hybridized carbons (Fsp3) is 0.0732. The van der Waals surface area contributed by atoms with E-state index in [0.29, 0.717) is 0 Å². The first-order chi connectivity index (χ1) is 22.1. The average molecular weight is 579 g/mol. The van der Waals surface area contributed by atoms with Gasteiger partial charge in [0.05, 0.1) is 11.0 Å². The van der Waals surface area contributed by atoms with E-state index in [-0.39, 0.29) is 5.41 Å². The fourth-order valence-electron chi connectivity index (χ4n) is 7.27. The molecule has 0 aliphatic heterocycles. The molecule has 0 fully saturated rings. The van der Waals surface area contributed by atoms with E-state index in [4.69, 9.17) is 10.2 Å². The predicted molar refractivity (Wildman–Crippen MR) is 184 cm³/mol. The Morgan fingerprint density at radius 2 is 0.978 bits per heavy atom. The summed E-state index contributed by atoms with van der Waals surface area (Å²) in [6.07, 6.45) is 0. The van der Waals surface area contributed by atoms with Crippen molar-refractivity contribution in [3.63, 3.8) is 0 Å². The topological polar surface area (TPSA) is 35.6 Å². The Morgan fingerprint density at radius 1 is 0.444 bits per heavy atom. The van der Waals surface area contributed by atoms with Gasteiger partial charge in [-0.05, 0) is 64.7 Å². The summed E-state index contributed by atoms with van der Waals surface area (Å²) in [5, 5.41) is 12.0. The summed E-state index contributed by atoms with van der Waals surface area (Å²) in [5.74, 6) is 1.66. The van der Waals surface area contributed by atoms with E-state index in [1.54, 1.807) is 0 Å². The molecule has 2 aromatic heterocycles. The first-order valence-corrected chi connectivity index (χ1v) is 15.4. The largest absolute Gasteiger partial charge is 0.309 e. The minimum absolute atomic E-state index is 0.199. The molecule has 0 bridgehead atoms. The van der Waals surface area contributed by atoms with Crippen LogP contribution in [0.3, 0.4) is 0 Å². The Hall–Kier alpha value is -5.74. The summed E-state index contributed by atoms with van der Waals surface area (Å²) in [5.41, 5.74) is 11.8. The standard InChI is InChI=1S/C41H30N4/c1-41(2)35-25-28(40-43-42-39(27-13-5-3-6-14-27)45(40)29-15-7-4-8-16-29)21-23-31(35)32-24-22-30(26-36(32)41)44-37-19-11-9-17-33(37)34-18-10-12-20-38(34)44/h3-26H,1-2H3. The normalized spacial score (nSPS) is 13.3. The third kappa shape index (κ3) is 3.79. The molecule has 45 heavy (non-hydrogen) atoms. The third-order valence-corrected chi connectivity index (χ3v) is 9.47. The van der Waals surface area contributed by atoms with Crippen molar-refractivity contribution in [2.24, 2.45) is 0 Å². The van der Waals surface area contributed by atoms with Gasteiger partial charge in [0.15, 0.2) is 11.6 Å². The molecule has 1 aliphatic carbocycles. The van der Waals surface area contributed by atoms with Crippen LogP contribution < -0.4 is 0 Å². The summed E-state index contributed by atoms with van der Waals surface area (Å²) < 4.78 is 4.58. The van der Waals surface area contributed by atoms with Crippen LogP contribution in [-0.2, 0) is 5.41 Å². The van der Waals surface area contributed by atoms with Crippen LogP contribution in [0.25, 0.3) is 67.1 Å². The smallest absolute Gasteiger partial charge is 0.168 e. The minimum Gasteiger partial charge on any atom is -0.309 e. The number of benzene rings is 6. The highest BCUT2D eigenvalue weighted by Crippen LogP contribution is 2.50. The average Bonchev–Trinajstić information content (AvgIpc) is 3.75. The van der Waals surface area contributed by atoms with Crippen LogP contribution in [-0.4, -0.2) is 19.3 Å². The number of nitrogens with zero attached hydrogens (tertiary/aromatic N) is 4. The number of rotatable bonds is 4. The van der Waals surface area contributed by atoms with Gasteiger partial charge in [-0.2, -0.15) is 0 Å². The highest BCUT2D eigenvalue weighted by Gasteiger charge is 2.36.